The first-order valence-electron chi connectivity index (χ1n) is 6.16. The number of nitrogens with one attached hydrogen (secondary N) is 3. The third kappa shape index (κ3) is 2.16. The highest BCUT2D eigenvalue weighted by atomic mass is 16.2. The van der Waals surface area contributed by atoms with E-state index >= 15 is 0 Å². The van der Waals surface area contributed by atoms with E-state index in [9.17, 15) is 4.79 Å². The molecule has 3 rings (SSSR count). The molecule has 0 aliphatic heterocycles. The first-order valence-corrected chi connectivity index (χ1v) is 6.16. The Bertz CT molecular complexity index is 584. The Labute approximate surface area is 109 Å². The maximum atomic E-state index is 12.1. The molecule has 2 heterocycles. The largest absolute Gasteiger partial charge is 0.395 e. The second-order valence-electron chi connectivity index (χ2n) is 4.74. The van der Waals surface area contributed by atoms with Gasteiger partial charge in [0.2, 0.25) is 0 Å². The number of nitrogen functional groups attached to an aromatic ring is 1. The topological polar surface area (TPSA) is 125 Å². The number of nitrogens with zero attached hydrogens (tertiary/aromatic N) is 3. The van der Waals surface area contributed by atoms with Crippen molar-refractivity contribution >= 4 is 11.6 Å². The van der Waals surface area contributed by atoms with Gasteiger partial charge in [-0.05, 0) is 19.8 Å². The molecule has 1 saturated carbocycles. The van der Waals surface area contributed by atoms with Crippen LogP contribution < -0.4 is 11.1 Å². The third-order valence-corrected chi connectivity index (χ3v) is 3.23. The van der Waals surface area contributed by atoms with Crippen LogP contribution in [0.4, 0.5) is 5.69 Å². The summed E-state index contributed by atoms with van der Waals surface area (Å²) < 4.78 is 0. The summed E-state index contributed by atoms with van der Waals surface area (Å²) in [6.45, 7) is 1.81. The number of aromatic amines is 2. The average Bonchev–Trinajstić information content (AvgIpc) is 2.92. The molecule has 1 aliphatic rings. The Hall–Kier alpha value is -2.38. The smallest absolute Gasteiger partial charge is 0.274 e. The van der Waals surface area contributed by atoms with Gasteiger partial charge < -0.3 is 11.1 Å². The predicted molar refractivity (Wildman–Crippen MR) is 67.2 cm³/mol. The van der Waals surface area contributed by atoms with E-state index in [0.717, 1.165) is 18.5 Å². The second-order valence-corrected chi connectivity index (χ2v) is 4.74. The van der Waals surface area contributed by atoms with Crippen molar-refractivity contribution in [3.8, 4) is 0 Å². The number of hydrogen-bond acceptors (Lipinski definition) is 5. The third-order valence-electron chi connectivity index (χ3n) is 3.23. The summed E-state index contributed by atoms with van der Waals surface area (Å²) in [4.78, 5) is 16.1. The van der Waals surface area contributed by atoms with Gasteiger partial charge in [-0.2, -0.15) is 10.2 Å². The standard InChI is InChI=1S/C11H15N7O/c1-5(10-13-4-14-18-10)15-11(19)9-7(12)8(16-17-9)6-2-3-6/h4-6H,2-3,12H2,1H3,(H,15,19)(H,16,17)(H,13,14,18). The molecular weight excluding hydrogens is 246 g/mol. The number of anilines is 1. The fourth-order valence-electron chi connectivity index (χ4n) is 1.98. The summed E-state index contributed by atoms with van der Waals surface area (Å²) in [6.07, 6.45) is 3.59. The second kappa shape index (κ2) is 4.38. The van der Waals surface area contributed by atoms with Gasteiger partial charge >= 0.3 is 0 Å². The molecule has 1 aliphatic carbocycles. The van der Waals surface area contributed by atoms with Crippen LogP contribution in [0.5, 0.6) is 0 Å². The molecule has 2 aromatic rings. The van der Waals surface area contributed by atoms with E-state index in [0.29, 0.717) is 17.4 Å². The molecule has 0 aromatic carbocycles. The van der Waals surface area contributed by atoms with Crippen LogP contribution in [0.25, 0.3) is 0 Å². The summed E-state index contributed by atoms with van der Waals surface area (Å²) in [7, 11) is 0. The van der Waals surface area contributed by atoms with E-state index < -0.39 is 0 Å². The van der Waals surface area contributed by atoms with Gasteiger partial charge in [0.25, 0.3) is 5.91 Å². The van der Waals surface area contributed by atoms with E-state index in [4.69, 9.17) is 5.73 Å². The van der Waals surface area contributed by atoms with E-state index in [1.807, 2.05) is 6.92 Å². The number of hydrogen-bond donors (Lipinski definition) is 4. The van der Waals surface area contributed by atoms with Gasteiger partial charge in [0.05, 0.1) is 17.4 Å². The Balaban J connectivity index is 1.73. The number of amides is 1. The number of carbonyl (C=O) groups excluding carboxylic acids is 1. The summed E-state index contributed by atoms with van der Waals surface area (Å²) in [6, 6.07) is -0.282. The van der Waals surface area contributed by atoms with Crippen molar-refractivity contribution in [2.45, 2.75) is 31.7 Å². The van der Waals surface area contributed by atoms with Gasteiger partial charge in [-0.15, -0.1) is 0 Å². The van der Waals surface area contributed by atoms with Gasteiger partial charge in [-0.3, -0.25) is 15.0 Å². The van der Waals surface area contributed by atoms with Crippen LogP contribution in [0.3, 0.4) is 0 Å². The minimum absolute atomic E-state index is 0.244. The minimum Gasteiger partial charge on any atom is -0.395 e. The normalized spacial score (nSPS) is 16.3. The lowest BCUT2D eigenvalue weighted by Crippen LogP contribution is -2.28. The highest BCUT2D eigenvalue weighted by molar-refractivity contribution is 5.97. The molecule has 8 heteroatoms. The molecular formula is C11H15N7O. The number of aromatic nitrogens is 5. The van der Waals surface area contributed by atoms with E-state index in [1.165, 1.54) is 6.33 Å². The first-order chi connectivity index (χ1) is 9.16. The lowest BCUT2D eigenvalue weighted by molar-refractivity contribution is 0.0934. The number of nitrogens with two attached hydrogens (primary N) is 1. The van der Waals surface area contributed by atoms with E-state index in [-0.39, 0.29) is 17.6 Å². The molecule has 0 radical (unpaired) electrons. The molecule has 8 nitrogen and oxygen atoms in total. The van der Waals surface area contributed by atoms with Gasteiger partial charge in [-0.25, -0.2) is 4.98 Å². The summed E-state index contributed by atoms with van der Waals surface area (Å²) in [5, 5.41) is 16.1. The Morgan fingerprint density at radius 2 is 2.32 bits per heavy atom. The van der Waals surface area contributed by atoms with Crippen molar-refractivity contribution in [3.63, 3.8) is 0 Å². The predicted octanol–water partition coefficient (Wildman–Crippen LogP) is 0.478. The van der Waals surface area contributed by atoms with Crippen LogP contribution in [-0.4, -0.2) is 31.3 Å². The van der Waals surface area contributed by atoms with Crippen molar-refractivity contribution in [1.29, 1.82) is 0 Å². The molecule has 5 N–H and O–H groups in total. The molecule has 2 aromatic heterocycles. The molecule has 1 unspecified atom stereocenters. The number of rotatable bonds is 4. The first kappa shape index (κ1) is 11.7. The Morgan fingerprint density at radius 1 is 1.53 bits per heavy atom. The molecule has 0 bridgehead atoms. The molecule has 0 saturated heterocycles. The SMILES string of the molecule is CC(NC(=O)c1n[nH]c(C2CC2)c1N)c1ncn[nH]1. The molecule has 1 amide bonds. The van der Waals surface area contributed by atoms with Crippen molar-refractivity contribution < 1.29 is 4.79 Å². The molecule has 100 valence electrons. The maximum absolute atomic E-state index is 12.1. The van der Waals surface area contributed by atoms with E-state index in [1.54, 1.807) is 0 Å². The van der Waals surface area contributed by atoms with Gasteiger partial charge in [0.15, 0.2) is 5.69 Å². The van der Waals surface area contributed by atoms with E-state index in [2.05, 4.69) is 30.7 Å². The summed E-state index contributed by atoms with van der Waals surface area (Å²) >= 11 is 0. The van der Waals surface area contributed by atoms with Crippen molar-refractivity contribution in [1.82, 2.24) is 30.7 Å². The molecule has 0 spiro atoms. The van der Waals surface area contributed by atoms with Crippen LogP contribution in [0.15, 0.2) is 6.33 Å². The zero-order chi connectivity index (χ0) is 13.4. The fourth-order valence-corrected chi connectivity index (χ4v) is 1.98. The molecule has 1 atom stereocenters. The van der Waals surface area contributed by atoms with Crippen molar-refractivity contribution in [2.75, 3.05) is 5.73 Å². The average molecular weight is 261 g/mol. The lowest BCUT2D eigenvalue weighted by Gasteiger charge is -2.09. The van der Waals surface area contributed by atoms with Crippen LogP contribution in [-0.2, 0) is 0 Å². The van der Waals surface area contributed by atoms with Crippen LogP contribution >= 0.6 is 0 Å². The molecule has 19 heavy (non-hydrogen) atoms. The minimum atomic E-state index is -0.315. The van der Waals surface area contributed by atoms with Gasteiger partial charge in [-0.1, -0.05) is 0 Å². The quantitative estimate of drug-likeness (QED) is 0.637. The molecule has 1 fully saturated rings. The highest BCUT2D eigenvalue weighted by Crippen LogP contribution is 2.42. The van der Waals surface area contributed by atoms with Crippen molar-refractivity contribution in [2.24, 2.45) is 0 Å². The van der Waals surface area contributed by atoms with Crippen LogP contribution in [0, 0.1) is 0 Å². The zero-order valence-corrected chi connectivity index (χ0v) is 10.5. The maximum Gasteiger partial charge on any atom is 0.274 e. The van der Waals surface area contributed by atoms with Gasteiger partial charge in [0, 0.05) is 5.92 Å². The Kier molecular flexibility index (Phi) is 2.69. The lowest BCUT2D eigenvalue weighted by atomic mass is 10.2. The van der Waals surface area contributed by atoms with Crippen LogP contribution in [0.1, 0.15) is 53.7 Å². The summed E-state index contributed by atoms with van der Waals surface area (Å²) in [5.41, 5.74) is 7.51. The highest BCUT2D eigenvalue weighted by Gasteiger charge is 2.30. The number of carbonyl (C=O) groups is 1. The van der Waals surface area contributed by atoms with Crippen molar-refractivity contribution in [3.05, 3.63) is 23.5 Å². The summed E-state index contributed by atoms with van der Waals surface area (Å²) in [5.74, 6) is 0.704. The fraction of sp³-hybridized carbons (Fsp3) is 0.455. The zero-order valence-electron chi connectivity index (χ0n) is 10.5. The van der Waals surface area contributed by atoms with Crippen LogP contribution in [0.2, 0.25) is 0 Å². The van der Waals surface area contributed by atoms with Gasteiger partial charge in [0.1, 0.15) is 12.2 Å². The monoisotopic (exact) mass is 261 g/mol. The Morgan fingerprint density at radius 3 is 2.95 bits per heavy atom. The number of H-pyrrole nitrogens is 2.